The van der Waals surface area contributed by atoms with E-state index >= 15 is 0 Å². The van der Waals surface area contributed by atoms with Gasteiger partial charge in [-0.1, -0.05) is 6.07 Å². The number of nitrogens with one attached hydrogen (secondary N) is 2. The monoisotopic (exact) mass is 337 g/mol. The van der Waals surface area contributed by atoms with Crippen molar-refractivity contribution in [3.8, 4) is 10.6 Å². The number of aromatic nitrogens is 2. The van der Waals surface area contributed by atoms with E-state index in [0.717, 1.165) is 17.0 Å². The Balaban J connectivity index is 1.72. The number of alkyl halides is 3. The van der Waals surface area contributed by atoms with Crippen LogP contribution in [0.3, 0.4) is 0 Å². The zero-order valence-corrected chi connectivity index (χ0v) is 12.3. The number of nitrogens with zero attached hydrogens (tertiary/aromatic N) is 1. The molecule has 0 radical (unpaired) electrons. The molecule has 4 nitrogen and oxygen atoms in total. The molecule has 0 aliphatic carbocycles. The number of hydrogen-bond donors (Lipinski definition) is 2. The van der Waals surface area contributed by atoms with Gasteiger partial charge in [-0.15, -0.1) is 11.3 Å². The second-order valence-corrected chi connectivity index (χ2v) is 5.62. The molecule has 0 aliphatic heterocycles. The molecule has 0 aliphatic rings. The van der Waals surface area contributed by atoms with Crippen molar-refractivity contribution in [1.82, 2.24) is 10.2 Å². The minimum Gasteiger partial charge on any atom is -0.321 e. The highest BCUT2D eigenvalue weighted by Crippen LogP contribution is 2.30. The highest BCUT2D eigenvalue weighted by molar-refractivity contribution is 7.13. The van der Waals surface area contributed by atoms with Gasteiger partial charge in [0.05, 0.1) is 16.1 Å². The largest absolute Gasteiger partial charge is 0.416 e. The van der Waals surface area contributed by atoms with E-state index in [-0.39, 0.29) is 11.4 Å². The van der Waals surface area contributed by atoms with Crippen molar-refractivity contribution in [2.45, 2.75) is 6.18 Å². The molecule has 2 N–H and O–H groups in total. The lowest BCUT2D eigenvalue weighted by Crippen LogP contribution is -2.12. The number of carbonyl (C=O) groups excluding carboxylic acids is 1. The third kappa shape index (κ3) is 3.42. The molecule has 0 spiro atoms. The average molecular weight is 337 g/mol. The molecule has 118 valence electrons. The molecule has 2 heterocycles. The zero-order chi connectivity index (χ0) is 16.4. The quantitative estimate of drug-likeness (QED) is 0.744. The molecule has 23 heavy (non-hydrogen) atoms. The zero-order valence-electron chi connectivity index (χ0n) is 11.5. The van der Waals surface area contributed by atoms with Gasteiger partial charge >= 0.3 is 6.18 Å². The Morgan fingerprint density at radius 1 is 1.17 bits per heavy atom. The van der Waals surface area contributed by atoms with Crippen molar-refractivity contribution in [1.29, 1.82) is 0 Å². The van der Waals surface area contributed by atoms with Crippen molar-refractivity contribution >= 4 is 22.9 Å². The first kappa shape index (κ1) is 15.3. The summed E-state index contributed by atoms with van der Waals surface area (Å²) in [6.45, 7) is 0. The number of amides is 1. The lowest BCUT2D eigenvalue weighted by Gasteiger charge is -2.08. The van der Waals surface area contributed by atoms with Crippen LogP contribution in [0.1, 0.15) is 16.1 Å². The molecule has 3 aromatic rings. The van der Waals surface area contributed by atoms with Crippen molar-refractivity contribution in [2.75, 3.05) is 5.32 Å². The lowest BCUT2D eigenvalue weighted by molar-refractivity contribution is -0.137. The Bertz CT molecular complexity index is 807. The summed E-state index contributed by atoms with van der Waals surface area (Å²) in [4.78, 5) is 13.0. The summed E-state index contributed by atoms with van der Waals surface area (Å²) < 4.78 is 37.5. The maximum absolute atomic E-state index is 12.5. The van der Waals surface area contributed by atoms with Crippen LogP contribution in [0.25, 0.3) is 10.6 Å². The van der Waals surface area contributed by atoms with Crippen LogP contribution in [0.15, 0.2) is 47.8 Å². The predicted octanol–water partition coefficient (Wildman–Crippen LogP) is 4.41. The summed E-state index contributed by atoms with van der Waals surface area (Å²) in [7, 11) is 0. The van der Waals surface area contributed by atoms with Gasteiger partial charge in [0.15, 0.2) is 5.69 Å². The van der Waals surface area contributed by atoms with Gasteiger partial charge in [0.2, 0.25) is 0 Å². The molecule has 8 heteroatoms. The van der Waals surface area contributed by atoms with E-state index in [2.05, 4.69) is 15.5 Å². The Labute approximate surface area is 133 Å². The fourth-order valence-corrected chi connectivity index (χ4v) is 2.63. The van der Waals surface area contributed by atoms with E-state index in [4.69, 9.17) is 0 Å². The number of carbonyl (C=O) groups is 1. The van der Waals surface area contributed by atoms with Gasteiger partial charge in [-0.05, 0) is 41.8 Å². The van der Waals surface area contributed by atoms with E-state index < -0.39 is 17.6 Å². The number of thiophene rings is 1. The van der Waals surface area contributed by atoms with Gasteiger partial charge in [0.1, 0.15) is 0 Å². The number of aromatic amines is 1. The molecule has 1 amide bonds. The van der Waals surface area contributed by atoms with Crippen LogP contribution >= 0.6 is 11.3 Å². The summed E-state index contributed by atoms with van der Waals surface area (Å²) in [6, 6.07) is 9.58. The number of anilines is 1. The molecule has 0 unspecified atom stereocenters. The number of hydrogen-bond acceptors (Lipinski definition) is 3. The van der Waals surface area contributed by atoms with Gasteiger partial charge in [0.25, 0.3) is 5.91 Å². The van der Waals surface area contributed by atoms with Crippen LogP contribution in [-0.2, 0) is 6.18 Å². The smallest absolute Gasteiger partial charge is 0.321 e. The maximum Gasteiger partial charge on any atom is 0.416 e. The van der Waals surface area contributed by atoms with Gasteiger partial charge < -0.3 is 5.32 Å². The van der Waals surface area contributed by atoms with Crippen LogP contribution in [0.2, 0.25) is 0 Å². The molecule has 1 aromatic carbocycles. The molecule has 0 saturated heterocycles. The van der Waals surface area contributed by atoms with E-state index in [0.29, 0.717) is 5.69 Å². The molecule has 0 atom stereocenters. The maximum atomic E-state index is 12.5. The second kappa shape index (κ2) is 5.88. The van der Waals surface area contributed by atoms with E-state index in [1.165, 1.54) is 23.5 Å². The number of H-pyrrole nitrogens is 1. The van der Waals surface area contributed by atoms with Crippen LogP contribution in [0, 0.1) is 0 Å². The average Bonchev–Trinajstić information content (AvgIpc) is 3.18. The molecule has 2 aromatic heterocycles. The van der Waals surface area contributed by atoms with Crippen LogP contribution < -0.4 is 5.32 Å². The second-order valence-electron chi connectivity index (χ2n) is 4.67. The van der Waals surface area contributed by atoms with Crippen molar-refractivity contribution in [3.63, 3.8) is 0 Å². The van der Waals surface area contributed by atoms with Gasteiger partial charge in [-0.2, -0.15) is 18.3 Å². The Morgan fingerprint density at radius 2 is 1.91 bits per heavy atom. The highest BCUT2D eigenvalue weighted by Gasteiger charge is 2.30. The minimum atomic E-state index is -4.40. The van der Waals surface area contributed by atoms with Gasteiger partial charge in [-0.3, -0.25) is 9.89 Å². The Hall–Kier alpha value is -2.61. The van der Waals surface area contributed by atoms with Gasteiger partial charge in [0, 0.05) is 5.69 Å². The molecule has 3 rings (SSSR count). The third-order valence-electron chi connectivity index (χ3n) is 3.07. The molecule has 0 bridgehead atoms. The molecular weight excluding hydrogens is 327 g/mol. The topological polar surface area (TPSA) is 57.8 Å². The lowest BCUT2D eigenvalue weighted by atomic mass is 10.2. The summed E-state index contributed by atoms with van der Waals surface area (Å²) in [5.41, 5.74) is 0.366. The number of benzene rings is 1. The van der Waals surface area contributed by atoms with Crippen molar-refractivity contribution < 1.29 is 18.0 Å². The first-order valence-electron chi connectivity index (χ1n) is 6.51. The summed E-state index contributed by atoms with van der Waals surface area (Å²) in [5.74, 6) is -0.496. The van der Waals surface area contributed by atoms with E-state index in [9.17, 15) is 18.0 Å². The summed E-state index contributed by atoms with van der Waals surface area (Å²) >= 11 is 1.50. The van der Waals surface area contributed by atoms with Crippen molar-refractivity contribution in [3.05, 3.63) is 59.1 Å². The molecular formula is C15H10F3N3OS. The van der Waals surface area contributed by atoms with E-state index in [1.807, 2.05) is 17.5 Å². The Kier molecular flexibility index (Phi) is 3.91. The van der Waals surface area contributed by atoms with Crippen molar-refractivity contribution in [2.24, 2.45) is 0 Å². The van der Waals surface area contributed by atoms with Crippen LogP contribution in [0.4, 0.5) is 18.9 Å². The Morgan fingerprint density at radius 3 is 2.52 bits per heavy atom. The van der Waals surface area contributed by atoms with Crippen LogP contribution in [-0.4, -0.2) is 16.1 Å². The number of rotatable bonds is 3. The fourth-order valence-electron chi connectivity index (χ4n) is 1.93. The third-order valence-corrected chi connectivity index (χ3v) is 3.97. The normalized spacial score (nSPS) is 11.4. The SMILES string of the molecule is O=C(Nc1ccc(C(F)(F)F)cc1)c1cc(-c2cccs2)[nH]n1. The fraction of sp³-hybridized carbons (Fsp3) is 0.0667. The minimum absolute atomic E-state index is 0.160. The first-order valence-corrected chi connectivity index (χ1v) is 7.39. The van der Waals surface area contributed by atoms with E-state index in [1.54, 1.807) is 6.07 Å². The highest BCUT2D eigenvalue weighted by atomic mass is 32.1. The van der Waals surface area contributed by atoms with Gasteiger partial charge in [-0.25, -0.2) is 0 Å². The molecule has 0 saturated carbocycles. The summed E-state index contributed by atoms with van der Waals surface area (Å²) in [6.07, 6.45) is -4.40. The first-order chi connectivity index (χ1) is 10.9. The van der Waals surface area contributed by atoms with Crippen LogP contribution in [0.5, 0.6) is 0 Å². The predicted molar refractivity (Wildman–Crippen MR) is 81.3 cm³/mol. The molecule has 0 fully saturated rings. The standard InChI is InChI=1S/C15H10F3N3OS/c16-15(17,18)9-3-5-10(6-4-9)19-14(22)12-8-11(20-21-12)13-2-1-7-23-13/h1-8H,(H,19,22)(H,20,21). The number of halogens is 3. The summed E-state index contributed by atoms with van der Waals surface area (Å²) in [5, 5.41) is 11.1.